The Balaban J connectivity index is 1.63. The third-order valence-corrected chi connectivity index (χ3v) is 6.99. The number of para-hydroxylation sites is 1. The molecule has 0 aromatic heterocycles. The molecule has 2 atom stereocenters. The van der Waals surface area contributed by atoms with Crippen molar-refractivity contribution in [2.24, 2.45) is 11.8 Å². The van der Waals surface area contributed by atoms with Gasteiger partial charge in [0.25, 0.3) is 5.91 Å². The van der Waals surface area contributed by atoms with E-state index in [4.69, 9.17) is 4.74 Å². The van der Waals surface area contributed by atoms with Crippen molar-refractivity contribution in [3.8, 4) is 0 Å². The SMILES string of the molecule is CC(C)CN(C(=O)C1=CN(c2ccccc2F)N(/C(=C/C(=O)O)C(=O)O)N1)[C@@H]1CNC[C@H](C(=O)N2CCOCC2)C1. The van der Waals surface area contributed by atoms with E-state index in [1.807, 2.05) is 13.8 Å². The van der Waals surface area contributed by atoms with Gasteiger partial charge in [-0.3, -0.25) is 15.0 Å². The van der Waals surface area contributed by atoms with Crippen molar-refractivity contribution in [2.45, 2.75) is 26.3 Å². The number of aliphatic carboxylic acids is 2. The van der Waals surface area contributed by atoms with Crippen LogP contribution in [0.15, 0.2) is 47.9 Å². The summed E-state index contributed by atoms with van der Waals surface area (Å²) in [6, 6.07) is 5.14. The predicted molar refractivity (Wildman–Crippen MR) is 144 cm³/mol. The van der Waals surface area contributed by atoms with E-state index in [1.54, 1.807) is 9.80 Å². The second-order valence-corrected chi connectivity index (χ2v) is 10.5. The van der Waals surface area contributed by atoms with Crippen molar-refractivity contribution in [3.05, 3.63) is 53.8 Å². The van der Waals surface area contributed by atoms with Gasteiger partial charge in [-0.2, -0.15) is 5.12 Å². The molecule has 222 valence electrons. The minimum absolute atomic E-state index is 0.00228. The molecule has 1 aromatic carbocycles. The average molecular weight is 575 g/mol. The first-order valence-corrected chi connectivity index (χ1v) is 13.4. The quantitative estimate of drug-likeness (QED) is 0.306. The van der Waals surface area contributed by atoms with Crippen LogP contribution in [0.3, 0.4) is 0 Å². The number of nitrogens with one attached hydrogen (secondary N) is 2. The largest absolute Gasteiger partial charge is 0.478 e. The molecule has 0 aliphatic carbocycles. The van der Waals surface area contributed by atoms with Crippen LogP contribution >= 0.6 is 0 Å². The van der Waals surface area contributed by atoms with E-state index in [0.717, 1.165) is 16.2 Å². The van der Waals surface area contributed by atoms with Crippen LogP contribution in [0.4, 0.5) is 10.1 Å². The van der Waals surface area contributed by atoms with Crippen LogP contribution in [0.1, 0.15) is 20.3 Å². The number of nitrogens with zero attached hydrogens (tertiary/aromatic N) is 4. The number of hydrogen-bond donors (Lipinski definition) is 4. The van der Waals surface area contributed by atoms with E-state index in [0.29, 0.717) is 58.4 Å². The predicted octanol–water partition coefficient (Wildman–Crippen LogP) is 0.583. The van der Waals surface area contributed by atoms with Gasteiger partial charge < -0.3 is 30.1 Å². The lowest BCUT2D eigenvalue weighted by atomic mass is 9.92. The number of carboxylic acids is 2. The van der Waals surface area contributed by atoms with Crippen LogP contribution in [0.2, 0.25) is 0 Å². The van der Waals surface area contributed by atoms with Crippen molar-refractivity contribution >= 4 is 29.4 Å². The summed E-state index contributed by atoms with van der Waals surface area (Å²) >= 11 is 0. The molecule has 3 aliphatic heterocycles. The normalized spacial score (nSPS) is 21.4. The number of carbonyl (C=O) groups is 4. The Kier molecular flexibility index (Phi) is 9.45. The Morgan fingerprint density at radius 2 is 1.85 bits per heavy atom. The Labute approximate surface area is 236 Å². The van der Waals surface area contributed by atoms with E-state index >= 15 is 0 Å². The maximum atomic E-state index is 14.8. The van der Waals surface area contributed by atoms with E-state index in [-0.39, 0.29) is 35.2 Å². The second kappa shape index (κ2) is 13.0. The van der Waals surface area contributed by atoms with Gasteiger partial charge in [-0.15, -0.1) is 0 Å². The Hall–Kier alpha value is -4.17. The van der Waals surface area contributed by atoms with Gasteiger partial charge in [0, 0.05) is 38.8 Å². The van der Waals surface area contributed by atoms with Crippen molar-refractivity contribution in [3.63, 3.8) is 0 Å². The summed E-state index contributed by atoms with van der Waals surface area (Å²) in [6.07, 6.45) is 2.11. The summed E-state index contributed by atoms with van der Waals surface area (Å²) in [5.74, 6) is -4.66. The molecule has 2 amide bonds. The lowest BCUT2D eigenvalue weighted by Crippen LogP contribution is -2.56. The van der Waals surface area contributed by atoms with Gasteiger partial charge in [0.1, 0.15) is 17.2 Å². The molecule has 2 fully saturated rings. The first kappa shape index (κ1) is 29.8. The lowest BCUT2D eigenvalue weighted by molar-refractivity contribution is -0.142. The molecule has 13 nitrogen and oxygen atoms in total. The highest BCUT2D eigenvalue weighted by Crippen LogP contribution is 2.29. The molecule has 0 spiro atoms. The number of carboxylic acid groups (broad SMARTS) is 2. The number of morpholine rings is 1. The van der Waals surface area contributed by atoms with Crippen molar-refractivity contribution in [1.29, 1.82) is 0 Å². The molecule has 4 rings (SSSR count). The number of carbonyl (C=O) groups excluding carboxylic acids is 2. The molecular weight excluding hydrogens is 539 g/mol. The number of hydrogen-bond acceptors (Lipinski definition) is 9. The van der Waals surface area contributed by atoms with Crippen LogP contribution in [0, 0.1) is 17.7 Å². The van der Waals surface area contributed by atoms with Crippen molar-refractivity contribution in [2.75, 3.05) is 50.9 Å². The Morgan fingerprint density at radius 1 is 1.15 bits per heavy atom. The van der Waals surface area contributed by atoms with Crippen LogP contribution < -0.4 is 15.8 Å². The summed E-state index contributed by atoms with van der Waals surface area (Å²) < 4.78 is 20.2. The molecule has 0 unspecified atom stereocenters. The van der Waals surface area contributed by atoms with Gasteiger partial charge in [-0.05, 0) is 24.5 Å². The zero-order valence-electron chi connectivity index (χ0n) is 23.0. The number of benzene rings is 1. The third kappa shape index (κ3) is 6.95. The zero-order valence-corrected chi connectivity index (χ0v) is 23.0. The van der Waals surface area contributed by atoms with E-state index in [1.165, 1.54) is 24.4 Å². The average Bonchev–Trinajstić information content (AvgIpc) is 3.39. The summed E-state index contributed by atoms with van der Waals surface area (Å²) in [4.78, 5) is 54.0. The smallest absolute Gasteiger partial charge is 0.356 e. The van der Waals surface area contributed by atoms with Gasteiger partial charge in [-0.1, -0.05) is 26.0 Å². The molecule has 2 saturated heterocycles. The monoisotopic (exact) mass is 574 g/mol. The van der Waals surface area contributed by atoms with Crippen LogP contribution in [0.5, 0.6) is 0 Å². The molecule has 41 heavy (non-hydrogen) atoms. The fraction of sp³-hybridized carbons (Fsp3) is 0.481. The number of anilines is 1. The maximum Gasteiger partial charge on any atom is 0.356 e. The van der Waals surface area contributed by atoms with Crippen molar-refractivity contribution in [1.82, 2.24) is 25.7 Å². The number of amides is 2. The summed E-state index contributed by atoms with van der Waals surface area (Å²) in [5.41, 5.74) is 1.73. The maximum absolute atomic E-state index is 14.8. The minimum Gasteiger partial charge on any atom is -0.478 e. The first-order valence-electron chi connectivity index (χ1n) is 13.4. The summed E-state index contributed by atoms with van der Waals surface area (Å²) in [5, 5.41) is 24.2. The highest BCUT2D eigenvalue weighted by atomic mass is 19.1. The fourth-order valence-corrected chi connectivity index (χ4v) is 5.13. The van der Waals surface area contributed by atoms with E-state index < -0.39 is 29.4 Å². The number of piperidine rings is 1. The zero-order chi connectivity index (χ0) is 29.7. The van der Waals surface area contributed by atoms with E-state index in [9.17, 15) is 33.8 Å². The highest BCUT2D eigenvalue weighted by Gasteiger charge is 2.39. The van der Waals surface area contributed by atoms with Gasteiger partial charge >= 0.3 is 11.9 Å². The minimum atomic E-state index is -1.61. The van der Waals surface area contributed by atoms with Gasteiger partial charge in [0.2, 0.25) is 5.91 Å². The standard InChI is InChI=1S/C27H35FN6O7/c1-17(2)15-32(19-11-18(13-29-14-19)25(37)31-7-9-41-10-8-31)26(38)21-16-33(22-6-4-3-5-20(22)28)34(30-21)23(27(39)40)12-24(35)36/h3-6,12,16-19,29-30H,7-11,13-15H2,1-2H3,(H,35,36)(H,39,40)/b23-12+/t18-,19+/m1/s1. The van der Waals surface area contributed by atoms with E-state index in [2.05, 4.69) is 10.7 Å². The number of rotatable bonds is 9. The molecule has 4 N–H and O–H groups in total. The van der Waals surface area contributed by atoms with Gasteiger partial charge in [0.15, 0.2) is 5.70 Å². The van der Waals surface area contributed by atoms with Crippen LogP contribution in [-0.4, -0.2) is 101 Å². The molecular formula is C27H35FN6O7. The third-order valence-electron chi connectivity index (χ3n) is 6.99. The first-order chi connectivity index (χ1) is 19.6. The molecule has 0 radical (unpaired) electrons. The van der Waals surface area contributed by atoms with Crippen molar-refractivity contribution < 1.29 is 38.5 Å². The van der Waals surface area contributed by atoms with Crippen LogP contribution in [0.25, 0.3) is 0 Å². The number of ether oxygens (including phenoxy) is 1. The second-order valence-electron chi connectivity index (χ2n) is 10.5. The Bertz CT molecular complexity index is 1230. The Morgan fingerprint density at radius 3 is 2.49 bits per heavy atom. The molecule has 3 heterocycles. The highest BCUT2D eigenvalue weighted by molar-refractivity contribution is 5.97. The lowest BCUT2D eigenvalue weighted by Gasteiger charge is -2.40. The molecule has 3 aliphatic rings. The molecule has 0 saturated carbocycles. The summed E-state index contributed by atoms with van der Waals surface area (Å²) in [7, 11) is 0. The molecule has 0 bridgehead atoms. The number of halogens is 1. The van der Waals surface area contributed by atoms with Crippen LogP contribution in [-0.2, 0) is 23.9 Å². The summed E-state index contributed by atoms with van der Waals surface area (Å²) in [6.45, 7) is 7.14. The topological polar surface area (TPSA) is 155 Å². The fourth-order valence-electron chi connectivity index (χ4n) is 5.13. The molecule has 14 heteroatoms. The van der Waals surface area contributed by atoms with Gasteiger partial charge in [-0.25, -0.2) is 19.0 Å². The number of hydrazine groups is 2. The van der Waals surface area contributed by atoms with Gasteiger partial charge in [0.05, 0.1) is 31.4 Å². The molecule has 1 aromatic rings.